The van der Waals surface area contributed by atoms with Gasteiger partial charge in [-0.3, -0.25) is 4.99 Å². The van der Waals surface area contributed by atoms with Crippen LogP contribution in [0.25, 0.3) is 0 Å². The Morgan fingerprint density at radius 3 is 2.62 bits per heavy atom. The number of likely N-dealkylation sites (tertiary alicyclic amines) is 1. The summed E-state index contributed by atoms with van der Waals surface area (Å²) in [5, 5.41) is 6.75. The summed E-state index contributed by atoms with van der Waals surface area (Å²) < 4.78 is 5.35. The Balaban J connectivity index is 2.19. The van der Waals surface area contributed by atoms with Crippen molar-refractivity contribution in [3.8, 4) is 0 Å². The average molecular weight is 298 g/mol. The number of unbranched alkanes of at least 4 members (excludes halogenated alkanes) is 1. The van der Waals surface area contributed by atoms with Gasteiger partial charge in [0.15, 0.2) is 5.96 Å². The molecule has 0 aromatic carbocycles. The van der Waals surface area contributed by atoms with Gasteiger partial charge in [0.25, 0.3) is 0 Å². The Labute approximate surface area is 130 Å². The highest BCUT2D eigenvalue weighted by atomic mass is 16.5. The van der Waals surface area contributed by atoms with Gasteiger partial charge in [0, 0.05) is 32.8 Å². The van der Waals surface area contributed by atoms with Crippen molar-refractivity contribution >= 4 is 5.96 Å². The molecule has 2 N–H and O–H groups in total. The standard InChI is InChI=1S/C16H34N4O/c1-4-17-16(18-10-6-7-13-21-5-2)19-14-15-8-11-20(3)12-9-15/h15H,4-14H2,1-3H3,(H2,17,18,19). The summed E-state index contributed by atoms with van der Waals surface area (Å²) in [6, 6.07) is 0. The van der Waals surface area contributed by atoms with E-state index in [-0.39, 0.29) is 0 Å². The Hall–Kier alpha value is -0.810. The zero-order valence-corrected chi connectivity index (χ0v) is 14.2. The summed E-state index contributed by atoms with van der Waals surface area (Å²) in [4.78, 5) is 7.15. The second-order valence-electron chi connectivity index (χ2n) is 5.80. The van der Waals surface area contributed by atoms with Crippen LogP contribution in [0.4, 0.5) is 0 Å². The molecular formula is C16H34N4O. The number of hydrogen-bond acceptors (Lipinski definition) is 3. The van der Waals surface area contributed by atoms with Crippen molar-refractivity contribution in [2.45, 2.75) is 39.5 Å². The lowest BCUT2D eigenvalue weighted by Gasteiger charge is -2.28. The second-order valence-corrected chi connectivity index (χ2v) is 5.80. The minimum atomic E-state index is 0.745. The molecule has 5 heteroatoms. The third-order valence-electron chi connectivity index (χ3n) is 3.90. The highest BCUT2D eigenvalue weighted by Crippen LogP contribution is 2.15. The van der Waals surface area contributed by atoms with Crippen LogP contribution in [-0.2, 0) is 4.74 Å². The molecular weight excluding hydrogens is 264 g/mol. The Morgan fingerprint density at radius 2 is 1.95 bits per heavy atom. The molecule has 0 bridgehead atoms. The molecule has 21 heavy (non-hydrogen) atoms. The van der Waals surface area contributed by atoms with Gasteiger partial charge in [-0.25, -0.2) is 0 Å². The van der Waals surface area contributed by atoms with Gasteiger partial charge in [-0.1, -0.05) is 0 Å². The Morgan fingerprint density at radius 1 is 1.19 bits per heavy atom. The summed E-state index contributed by atoms with van der Waals surface area (Å²) in [6.45, 7) is 11.1. The molecule has 0 amide bonds. The number of hydrogen-bond donors (Lipinski definition) is 2. The SMILES string of the molecule is CCNC(=NCC1CCN(C)CC1)NCCCCOCC. The number of aliphatic imine (C=N–C) groups is 1. The number of piperidine rings is 1. The van der Waals surface area contributed by atoms with Crippen molar-refractivity contribution in [3.05, 3.63) is 0 Å². The quantitative estimate of drug-likeness (QED) is 0.386. The topological polar surface area (TPSA) is 48.9 Å². The lowest BCUT2D eigenvalue weighted by Crippen LogP contribution is -2.38. The first-order chi connectivity index (χ1) is 10.3. The smallest absolute Gasteiger partial charge is 0.191 e. The van der Waals surface area contributed by atoms with Gasteiger partial charge in [-0.2, -0.15) is 0 Å². The molecule has 1 rings (SSSR count). The Kier molecular flexibility index (Phi) is 10.3. The van der Waals surface area contributed by atoms with Gasteiger partial charge in [0.1, 0.15) is 0 Å². The van der Waals surface area contributed by atoms with Crippen LogP contribution in [0, 0.1) is 5.92 Å². The Bertz CT molecular complexity index is 275. The summed E-state index contributed by atoms with van der Waals surface area (Å²) in [6.07, 6.45) is 4.77. The van der Waals surface area contributed by atoms with Crippen LogP contribution in [0.5, 0.6) is 0 Å². The number of guanidine groups is 1. The number of rotatable bonds is 9. The van der Waals surface area contributed by atoms with Crippen molar-refractivity contribution in [2.75, 3.05) is 53.0 Å². The van der Waals surface area contributed by atoms with E-state index in [1.54, 1.807) is 0 Å². The van der Waals surface area contributed by atoms with E-state index in [2.05, 4.69) is 29.5 Å². The van der Waals surface area contributed by atoms with Crippen LogP contribution in [-0.4, -0.2) is 63.8 Å². The van der Waals surface area contributed by atoms with E-state index >= 15 is 0 Å². The van der Waals surface area contributed by atoms with Gasteiger partial charge in [0.05, 0.1) is 0 Å². The van der Waals surface area contributed by atoms with E-state index in [0.717, 1.165) is 57.6 Å². The van der Waals surface area contributed by atoms with Crippen molar-refractivity contribution in [1.29, 1.82) is 0 Å². The van der Waals surface area contributed by atoms with E-state index in [4.69, 9.17) is 9.73 Å². The van der Waals surface area contributed by atoms with E-state index < -0.39 is 0 Å². The fourth-order valence-electron chi connectivity index (χ4n) is 2.49. The normalized spacial score (nSPS) is 18.0. The lowest BCUT2D eigenvalue weighted by atomic mass is 9.97. The maximum Gasteiger partial charge on any atom is 0.191 e. The maximum absolute atomic E-state index is 5.35. The van der Waals surface area contributed by atoms with E-state index in [1.807, 2.05) is 6.92 Å². The van der Waals surface area contributed by atoms with E-state index in [1.165, 1.54) is 25.9 Å². The van der Waals surface area contributed by atoms with E-state index in [9.17, 15) is 0 Å². The molecule has 1 aliphatic rings. The maximum atomic E-state index is 5.35. The minimum absolute atomic E-state index is 0.745. The van der Waals surface area contributed by atoms with Gasteiger partial charge < -0.3 is 20.3 Å². The number of nitrogens with zero attached hydrogens (tertiary/aromatic N) is 2. The molecule has 1 aliphatic heterocycles. The monoisotopic (exact) mass is 298 g/mol. The summed E-state index contributed by atoms with van der Waals surface area (Å²) >= 11 is 0. The molecule has 0 saturated carbocycles. The first kappa shape index (κ1) is 18.2. The van der Waals surface area contributed by atoms with E-state index in [0.29, 0.717) is 0 Å². The fraction of sp³-hybridized carbons (Fsp3) is 0.938. The van der Waals surface area contributed by atoms with Crippen LogP contribution in [0.15, 0.2) is 4.99 Å². The largest absolute Gasteiger partial charge is 0.382 e. The first-order valence-electron chi connectivity index (χ1n) is 8.54. The van der Waals surface area contributed by atoms with Crippen molar-refractivity contribution in [1.82, 2.24) is 15.5 Å². The van der Waals surface area contributed by atoms with Crippen molar-refractivity contribution in [3.63, 3.8) is 0 Å². The van der Waals surface area contributed by atoms with Gasteiger partial charge in [-0.15, -0.1) is 0 Å². The average Bonchev–Trinajstić information content (AvgIpc) is 2.49. The van der Waals surface area contributed by atoms with Crippen LogP contribution in [0.2, 0.25) is 0 Å². The van der Waals surface area contributed by atoms with Crippen LogP contribution < -0.4 is 10.6 Å². The van der Waals surface area contributed by atoms with Crippen molar-refractivity contribution in [2.24, 2.45) is 10.9 Å². The molecule has 5 nitrogen and oxygen atoms in total. The highest BCUT2D eigenvalue weighted by Gasteiger charge is 2.16. The first-order valence-corrected chi connectivity index (χ1v) is 8.54. The third-order valence-corrected chi connectivity index (χ3v) is 3.90. The summed E-state index contributed by atoms with van der Waals surface area (Å²) in [5.41, 5.74) is 0. The van der Waals surface area contributed by atoms with Gasteiger partial charge >= 0.3 is 0 Å². The second kappa shape index (κ2) is 11.8. The third kappa shape index (κ3) is 8.94. The molecule has 0 radical (unpaired) electrons. The molecule has 0 aromatic rings. The van der Waals surface area contributed by atoms with Crippen molar-refractivity contribution < 1.29 is 4.74 Å². The molecule has 0 atom stereocenters. The highest BCUT2D eigenvalue weighted by molar-refractivity contribution is 5.79. The molecule has 1 heterocycles. The zero-order chi connectivity index (χ0) is 15.3. The molecule has 0 spiro atoms. The predicted molar refractivity (Wildman–Crippen MR) is 89.9 cm³/mol. The van der Waals surface area contributed by atoms with Crippen LogP contribution >= 0.6 is 0 Å². The van der Waals surface area contributed by atoms with Gasteiger partial charge in [-0.05, 0) is 65.6 Å². The van der Waals surface area contributed by atoms with Gasteiger partial charge in [0.2, 0.25) is 0 Å². The zero-order valence-electron chi connectivity index (χ0n) is 14.2. The summed E-state index contributed by atoms with van der Waals surface area (Å²) in [7, 11) is 2.20. The molecule has 1 fully saturated rings. The number of nitrogens with one attached hydrogen (secondary N) is 2. The fourth-order valence-corrected chi connectivity index (χ4v) is 2.49. The molecule has 0 unspecified atom stereocenters. The van der Waals surface area contributed by atoms with Crippen LogP contribution in [0.1, 0.15) is 39.5 Å². The molecule has 124 valence electrons. The summed E-state index contributed by atoms with van der Waals surface area (Å²) in [5.74, 6) is 1.71. The molecule has 0 aromatic heterocycles. The van der Waals surface area contributed by atoms with Crippen LogP contribution in [0.3, 0.4) is 0 Å². The number of ether oxygens (including phenoxy) is 1. The molecule has 1 saturated heterocycles. The lowest BCUT2D eigenvalue weighted by molar-refractivity contribution is 0.143. The predicted octanol–water partition coefficient (Wildman–Crippen LogP) is 1.70. The minimum Gasteiger partial charge on any atom is -0.382 e. The molecule has 0 aliphatic carbocycles.